The quantitative estimate of drug-likeness (QED) is 0.419. The van der Waals surface area contributed by atoms with Gasteiger partial charge in [-0.05, 0) is 6.92 Å². The molecule has 90 valence electrons. The van der Waals surface area contributed by atoms with Gasteiger partial charge in [0.2, 0.25) is 20.0 Å². The Morgan fingerprint density at radius 3 is 1.73 bits per heavy atom. The standard InChI is InChI=1S/C4H12N4O5S2/c1-2(14(6,10)11)3(8-4(5)9)15(7,12)13/h2-3H,1H3,(H3,5,8,9)(H2,6,10,11)(H2,7,12,13). The van der Waals surface area contributed by atoms with Crippen molar-refractivity contribution in [1.29, 1.82) is 0 Å². The van der Waals surface area contributed by atoms with Crippen LogP contribution in [0.5, 0.6) is 0 Å². The van der Waals surface area contributed by atoms with Crippen LogP contribution in [0, 0.1) is 0 Å². The Hall–Kier alpha value is -0.910. The molecule has 0 aliphatic heterocycles. The van der Waals surface area contributed by atoms with Gasteiger partial charge in [0.25, 0.3) is 0 Å². The van der Waals surface area contributed by atoms with E-state index in [0.29, 0.717) is 0 Å². The zero-order valence-corrected chi connectivity index (χ0v) is 9.38. The number of carbonyl (C=O) groups is 1. The molecule has 0 aliphatic rings. The number of amides is 2. The molecule has 0 bridgehead atoms. The van der Waals surface area contributed by atoms with Crippen molar-refractivity contribution in [2.45, 2.75) is 17.5 Å². The highest BCUT2D eigenvalue weighted by atomic mass is 32.2. The van der Waals surface area contributed by atoms with E-state index in [0.717, 1.165) is 6.92 Å². The number of carbonyl (C=O) groups excluding carboxylic acids is 1. The van der Waals surface area contributed by atoms with E-state index in [1.54, 1.807) is 5.32 Å². The second-order valence-corrected chi connectivity index (χ2v) is 6.42. The molecule has 2 atom stereocenters. The Bertz CT molecular complexity index is 440. The Morgan fingerprint density at radius 2 is 1.53 bits per heavy atom. The van der Waals surface area contributed by atoms with Crippen molar-refractivity contribution in [2.75, 3.05) is 0 Å². The van der Waals surface area contributed by atoms with Crippen molar-refractivity contribution >= 4 is 26.1 Å². The number of primary sulfonamides is 2. The van der Waals surface area contributed by atoms with Crippen molar-refractivity contribution in [3.63, 3.8) is 0 Å². The predicted molar refractivity (Wildman–Crippen MR) is 52.2 cm³/mol. The van der Waals surface area contributed by atoms with Crippen LogP contribution in [0.3, 0.4) is 0 Å². The molecule has 0 fully saturated rings. The number of nitrogens with one attached hydrogen (secondary N) is 1. The molecule has 2 amide bonds. The van der Waals surface area contributed by atoms with Crippen LogP contribution < -0.4 is 21.3 Å². The fourth-order valence-electron chi connectivity index (χ4n) is 0.779. The van der Waals surface area contributed by atoms with E-state index in [2.05, 4.69) is 5.73 Å². The molecule has 0 saturated carbocycles. The van der Waals surface area contributed by atoms with Gasteiger partial charge in [-0.2, -0.15) is 0 Å². The first-order chi connectivity index (χ1) is 6.46. The van der Waals surface area contributed by atoms with Gasteiger partial charge in [0.1, 0.15) is 5.25 Å². The third-order valence-corrected chi connectivity index (χ3v) is 4.30. The highest BCUT2D eigenvalue weighted by Crippen LogP contribution is 2.06. The summed E-state index contributed by atoms with van der Waals surface area (Å²) in [6.07, 6.45) is 0. The largest absolute Gasteiger partial charge is 0.352 e. The molecule has 0 heterocycles. The van der Waals surface area contributed by atoms with Crippen molar-refractivity contribution in [3.8, 4) is 0 Å². The number of primary amides is 1. The summed E-state index contributed by atoms with van der Waals surface area (Å²) >= 11 is 0. The summed E-state index contributed by atoms with van der Waals surface area (Å²) in [6.45, 7) is 0.986. The topological polar surface area (TPSA) is 175 Å². The molecule has 9 nitrogen and oxygen atoms in total. The van der Waals surface area contributed by atoms with Crippen LogP contribution in [0.4, 0.5) is 4.79 Å². The Balaban J connectivity index is 5.24. The van der Waals surface area contributed by atoms with E-state index >= 15 is 0 Å². The van der Waals surface area contributed by atoms with Crippen LogP contribution in [0.15, 0.2) is 0 Å². The van der Waals surface area contributed by atoms with E-state index in [-0.39, 0.29) is 0 Å². The summed E-state index contributed by atoms with van der Waals surface area (Å²) < 4.78 is 43.6. The summed E-state index contributed by atoms with van der Waals surface area (Å²) in [5, 5.41) is 7.65. The highest BCUT2D eigenvalue weighted by molar-refractivity contribution is 7.93. The van der Waals surface area contributed by atoms with Crippen molar-refractivity contribution in [2.24, 2.45) is 16.0 Å². The number of sulfonamides is 2. The number of nitrogens with two attached hydrogens (primary N) is 3. The molecular weight excluding hydrogens is 248 g/mol. The van der Waals surface area contributed by atoms with E-state index in [1.165, 1.54) is 0 Å². The minimum atomic E-state index is -4.31. The van der Waals surface area contributed by atoms with Crippen LogP contribution >= 0.6 is 0 Å². The lowest BCUT2D eigenvalue weighted by atomic mass is 10.5. The van der Waals surface area contributed by atoms with Crippen molar-refractivity contribution in [3.05, 3.63) is 0 Å². The molecule has 7 N–H and O–H groups in total. The summed E-state index contributed by atoms with van der Waals surface area (Å²) in [6, 6.07) is -1.22. The zero-order chi connectivity index (χ0) is 12.4. The lowest BCUT2D eigenvalue weighted by molar-refractivity contribution is 0.247. The maximum absolute atomic E-state index is 10.9. The molecule has 0 aromatic heterocycles. The minimum absolute atomic E-state index is 0.986. The van der Waals surface area contributed by atoms with Crippen LogP contribution in [-0.4, -0.2) is 33.5 Å². The third-order valence-electron chi connectivity index (χ3n) is 1.58. The SMILES string of the molecule is CC(C(NC(N)=O)S(N)(=O)=O)S(N)(=O)=O. The van der Waals surface area contributed by atoms with Crippen LogP contribution in [0.25, 0.3) is 0 Å². The van der Waals surface area contributed by atoms with Gasteiger partial charge in [0.15, 0.2) is 5.37 Å². The summed E-state index contributed by atoms with van der Waals surface area (Å²) in [5.74, 6) is 0. The summed E-state index contributed by atoms with van der Waals surface area (Å²) in [5.41, 5.74) is 4.67. The lowest BCUT2D eigenvalue weighted by Crippen LogP contribution is -2.55. The summed E-state index contributed by atoms with van der Waals surface area (Å²) in [7, 11) is -8.47. The van der Waals surface area contributed by atoms with Crippen LogP contribution in [-0.2, 0) is 20.0 Å². The first-order valence-corrected chi connectivity index (χ1v) is 6.77. The third kappa shape index (κ3) is 4.42. The molecule has 0 aromatic carbocycles. The maximum Gasteiger partial charge on any atom is 0.313 e. The first kappa shape index (κ1) is 14.1. The molecular formula is C4H12N4O5S2. The number of rotatable bonds is 4. The first-order valence-electron chi connectivity index (χ1n) is 3.55. The minimum Gasteiger partial charge on any atom is -0.352 e. The Labute approximate surface area is 87.1 Å². The molecule has 0 rings (SSSR count). The molecule has 0 aliphatic carbocycles. The number of hydrogen-bond donors (Lipinski definition) is 4. The lowest BCUT2D eigenvalue weighted by Gasteiger charge is -2.20. The summed E-state index contributed by atoms with van der Waals surface area (Å²) in [4.78, 5) is 10.4. The second-order valence-electron chi connectivity index (χ2n) is 2.81. The van der Waals surface area contributed by atoms with Gasteiger partial charge in [0.05, 0.1) is 0 Å². The fourth-order valence-corrected chi connectivity index (χ4v) is 2.94. The van der Waals surface area contributed by atoms with Crippen molar-refractivity contribution < 1.29 is 21.6 Å². The maximum atomic E-state index is 10.9. The molecule has 0 spiro atoms. The van der Waals surface area contributed by atoms with E-state index < -0.39 is 36.7 Å². The highest BCUT2D eigenvalue weighted by Gasteiger charge is 2.35. The van der Waals surface area contributed by atoms with Gasteiger partial charge in [0, 0.05) is 0 Å². The fraction of sp³-hybridized carbons (Fsp3) is 0.750. The van der Waals surface area contributed by atoms with Gasteiger partial charge in [-0.15, -0.1) is 0 Å². The molecule has 0 aromatic rings. The van der Waals surface area contributed by atoms with Crippen LogP contribution in [0.1, 0.15) is 6.92 Å². The van der Waals surface area contributed by atoms with Gasteiger partial charge in [-0.1, -0.05) is 0 Å². The Kier molecular flexibility index (Phi) is 4.04. The van der Waals surface area contributed by atoms with E-state index in [9.17, 15) is 21.6 Å². The average molecular weight is 260 g/mol. The van der Waals surface area contributed by atoms with Crippen molar-refractivity contribution in [1.82, 2.24) is 5.32 Å². The molecule has 2 unspecified atom stereocenters. The zero-order valence-electron chi connectivity index (χ0n) is 7.74. The normalized spacial score (nSPS) is 16.7. The predicted octanol–water partition coefficient (Wildman–Crippen LogP) is -3.05. The molecule has 0 radical (unpaired) electrons. The van der Waals surface area contributed by atoms with E-state index in [1.807, 2.05) is 0 Å². The van der Waals surface area contributed by atoms with E-state index in [4.69, 9.17) is 10.3 Å². The Morgan fingerprint density at radius 1 is 1.13 bits per heavy atom. The average Bonchev–Trinajstić information content (AvgIpc) is 1.94. The monoisotopic (exact) mass is 260 g/mol. The number of hydrogen-bond acceptors (Lipinski definition) is 5. The number of urea groups is 1. The second kappa shape index (κ2) is 4.30. The van der Waals surface area contributed by atoms with Gasteiger partial charge < -0.3 is 11.1 Å². The molecule has 11 heteroatoms. The molecule has 0 saturated heterocycles. The smallest absolute Gasteiger partial charge is 0.313 e. The van der Waals surface area contributed by atoms with Gasteiger partial charge in [-0.25, -0.2) is 31.9 Å². The molecule has 15 heavy (non-hydrogen) atoms. The van der Waals surface area contributed by atoms with Gasteiger partial charge in [-0.3, -0.25) is 0 Å². The van der Waals surface area contributed by atoms with Gasteiger partial charge >= 0.3 is 6.03 Å². The van der Waals surface area contributed by atoms with Crippen LogP contribution in [0.2, 0.25) is 0 Å².